The highest BCUT2D eigenvalue weighted by Gasteiger charge is 2.05. The molecule has 0 bridgehead atoms. The van der Waals surface area contributed by atoms with Crippen molar-refractivity contribution in [3.05, 3.63) is 29.3 Å². The lowest BCUT2D eigenvalue weighted by molar-refractivity contribution is 0.178. The Balaban J connectivity index is 2.48. The molecule has 1 aromatic carbocycles. The number of benzene rings is 1. The van der Waals surface area contributed by atoms with Crippen LogP contribution in [-0.2, 0) is 11.3 Å². The van der Waals surface area contributed by atoms with Gasteiger partial charge < -0.3 is 14.7 Å². The summed E-state index contributed by atoms with van der Waals surface area (Å²) >= 11 is 0. The number of aromatic hydroxyl groups is 1. The topological polar surface area (TPSA) is 32.7 Å². The van der Waals surface area contributed by atoms with Crippen molar-refractivity contribution in [3.63, 3.8) is 0 Å². The van der Waals surface area contributed by atoms with Crippen molar-refractivity contribution in [2.24, 2.45) is 0 Å². The fourth-order valence-corrected chi connectivity index (χ4v) is 1.69. The average Bonchev–Trinajstić information content (AvgIpc) is 2.24. The molecule has 0 spiro atoms. The van der Waals surface area contributed by atoms with Crippen LogP contribution in [0.3, 0.4) is 0 Å². The number of hydrogen-bond acceptors (Lipinski definition) is 3. The molecule has 0 aromatic heterocycles. The molecule has 0 saturated heterocycles. The lowest BCUT2D eigenvalue weighted by Crippen LogP contribution is -2.20. The minimum absolute atomic E-state index is 0.379. The third kappa shape index (κ3) is 4.21. The van der Waals surface area contributed by atoms with Crippen LogP contribution in [0.1, 0.15) is 17.5 Å². The third-order valence-corrected chi connectivity index (χ3v) is 2.56. The molecule has 0 saturated carbocycles. The van der Waals surface area contributed by atoms with Crippen LogP contribution >= 0.6 is 0 Å². The van der Waals surface area contributed by atoms with Gasteiger partial charge in [0.2, 0.25) is 0 Å². The summed E-state index contributed by atoms with van der Waals surface area (Å²) in [5.74, 6) is 0.379. The van der Waals surface area contributed by atoms with E-state index >= 15 is 0 Å². The zero-order valence-electron chi connectivity index (χ0n) is 10.4. The fraction of sp³-hybridized carbons (Fsp3) is 0.538. The summed E-state index contributed by atoms with van der Waals surface area (Å²) in [5.41, 5.74) is 2.16. The molecule has 3 nitrogen and oxygen atoms in total. The molecule has 0 atom stereocenters. The molecule has 0 aliphatic rings. The second-order valence-electron chi connectivity index (χ2n) is 4.22. The van der Waals surface area contributed by atoms with E-state index in [4.69, 9.17) is 4.74 Å². The van der Waals surface area contributed by atoms with Gasteiger partial charge in [-0.2, -0.15) is 0 Å². The fourth-order valence-electron chi connectivity index (χ4n) is 1.69. The van der Waals surface area contributed by atoms with E-state index in [1.165, 1.54) is 5.56 Å². The van der Waals surface area contributed by atoms with Crippen LogP contribution in [-0.4, -0.2) is 37.3 Å². The monoisotopic (exact) mass is 223 g/mol. The smallest absolute Gasteiger partial charge is 0.120 e. The predicted octanol–water partition coefficient (Wildman–Crippen LogP) is 2.17. The van der Waals surface area contributed by atoms with Gasteiger partial charge in [0.25, 0.3) is 0 Å². The predicted molar refractivity (Wildman–Crippen MR) is 65.7 cm³/mol. The van der Waals surface area contributed by atoms with Crippen LogP contribution in [0.15, 0.2) is 18.2 Å². The number of phenols is 1. The molecular weight excluding hydrogens is 202 g/mol. The Kier molecular flexibility index (Phi) is 5.29. The Morgan fingerprint density at radius 1 is 1.38 bits per heavy atom. The van der Waals surface area contributed by atoms with Crippen LogP contribution in [0.5, 0.6) is 5.75 Å². The van der Waals surface area contributed by atoms with Crippen LogP contribution < -0.4 is 0 Å². The maximum atomic E-state index is 9.70. The Hall–Kier alpha value is -1.06. The van der Waals surface area contributed by atoms with E-state index in [2.05, 4.69) is 11.9 Å². The molecule has 0 aliphatic carbocycles. The zero-order chi connectivity index (χ0) is 12.0. The first-order valence-electron chi connectivity index (χ1n) is 5.59. The van der Waals surface area contributed by atoms with Crippen LogP contribution in [0.2, 0.25) is 0 Å². The van der Waals surface area contributed by atoms with E-state index in [9.17, 15) is 5.11 Å². The van der Waals surface area contributed by atoms with Crippen molar-refractivity contribution in [3.8, 4) is 5.75 Å². The van der Waals surface area contributed by atoms with Gasteiger partial charge in [-0.25, -0.2) is 0 Å². The summed E-state index contributed by atoms with van der Waals surface area (Å²) in [4.78, 5) is 2.19. The lowest BCUT2D eigenvalue weighted by Gasteiger charge is -2.17. The summed E-state index contributed by atoms with van der Waals surface area (Å²) in [7, 11) is 3.77. The molecular formula is C13H21NO2. The molecule has 3 heteroatoms. The van der Waals surface area contributed by atoms with Crippen molar-refractivity contribution in [2.75, 3.05) is 27.3 Å². The van der Waals surface area contributed by atoms with Crippen molar-refractivity contribution < 1.29 is 9.84 Å². The highest BCUT2D eigenvalue weighted by Crippen LogP contribution is 2.19. The first-order chi connectivity index (χ1) is 7.63. The van der Waals surface area contributed by atoms with Crippen LogP contribution in [0.25, 0.3) is 0 Å². The van der Waals surface area contributed by atoms with E-state index in [0.29, 0.717) is 5.75 Å². The number of nitrogens with zero attached hydrogens (tertiary/aromatic N) is 1. The number of aryl methyl sites for hydroxylation is 1. The largest absolute Gasteiger partial charge is 0.508 e. The summed E-state index contributed by atoms with van der Waals surface area (Å²) < 4.78 is 5.01. The lowest BCUT2D eigenvalue weighted by atomic mass is 10.1. The first kappa shape index (κ1) is 13.0. The number of methoxy groups -OCH3 is 1. The summed E-state index contributed by atoms with van der Waals surface area (Å²) in [6, 6.07) is 5.71. The molecule has 0 heterocycles. The third-order valence-electron chi connectivity index (χ3n) is 2.56. The number of hydrogen-bond donors (Lipinski definition) is 1. The summed E-state index contributed by atoms with van der Waals surface area (Å²) in [5, 5.41) is 9.70. The maximum Gasteiger partial charge on any atom is 0.120 e. The Labute approximate surface area is 97.7 Å². The van der Waals surface area contributed by atoms with Gasteiger partial charge in [0.15, 0.2) is 0 Å². The quantitative estimate of drug-likeness (QED) is 0.750. The average molecular weight is 223 g/mol. The van der Waals surface area contributed by atoms with E-state index in [-0.39, 0.29) is 0 Å². The van der Waals surface area contributed by atoms with Crippen LogP contribution in [0.4, 0.5) is 0 Å². The van der Waals surface area contributed by atoms with E-state index in [1.54, 1.807) is 13.2 Å². The molecule has 1 N–H and O–H groups in total. The maximum absolute atomic E-state index is 9.70. The van der Waals surface area contributed by atoms with E-state index in [0.717, 1.165) is 31.7 Å². The molecule has 0 fully saturated rings. The molecule has 16 heavy (non-hydrogen) atoms. The van der Waals surface area contributed by atoms with Gasteiger partial charge >= 0.3 is 0 Å². The molecule has 90 valence electrons. The second-order valence-corrected chi connectivity index (χ2v) is 4.22. The Morgan fingerprint density at radius 3 is 2.81 bits per heavy atom. The molecule has 0 unspecified atom stereocenters. The van der Waals surface area contributed by atoms with Gasteiger partial charge in [-0.05, 0) is 26.5 Å². The van der Waals surface area contributed by atoms with Crippen LogP contribution in [0, 0.1) is 6.92 Å². The first-order valence-corrected chi connectivity index (χ1v) is 5.59. The van der Waals surface area contributed by atoms with Gasteiger partial charge in [-0.15, -0.1) is 0 Å². The minimum Gasteiger partial charge on any atom is -0.508 e. The van der Waals surface area contributed by atoms with Gasteiger partial charge in [-0.3, -0.25) is 0 Å². The van der Waals surface area contributed by atoms with E-state index < -0.39 is 0 Å². The highest BCUT2D eigenvalue weighted by molar-refractivity contribution is 5.35. The summed E-state index contributed by atoms with van der Waals surface area (Å²) in [6.45, 7) is 4.57. The number of ether oxygens (including phenoxy) is 1. The second kappa shape index (κ2) is 6.51. The molecule has 0 radical (unpaired) electrons. The zero-order valence-corrected chi connectivity index (χ0v) is 10.4. The van der Waals surface area contributed by atoms with E-state index in [1.807, 2.05) is 19.1 Å². The molecule has 0 aliphatic heterocycles. The summed E-state index contributed by atoms with van der Waals surface area (Å²) in [6.07, 6.45) is 1.01. The van der Waals surface area contributed by atoms with Crippen molar-refractivity contribution in [2.45, 2.75) is 19.9 Å². The Bertz CT molecular complexity index is 326. The van der Waals surface area contributed by atoms with Crippen molar-refractivity contribution in [1.82, 2.24) is 4.90 Å². The SMILES string of the molecule is COCCCN(C)Cc1cc(C)ccc1O. The minimum atomic E-state index is 0.379. The highest BCUT2D eigenvalue weighted by atomic mass is 16.5. The standard InChI is InChI=1S/C13H21NO2/c1-11-5-6-13(15)12(9-11)10-14(2)7-4-8-16-3/h5-6,9,15H,4,7-8,10H2,1-3H3. The van der Waals surface area contributed by atoms with Crippen molar-refractivity contribution >= 4 is 0 Å². The van der Waals surface area contributed by atoms with Gasteiger partial charge in [-0.1, -0.05) is 17.7 Å². The normalized spacial score (nSPS) is 11.0. The van der Waals surface area contributed by atoms with Gasteiger partial charge in [0.1, 0.15) is 5.75 Å². The molecule has 1 rings (SSSR count). The van der Waals surface area contributed by atoms with Gasteiger partial charge in [0, 0.05) is 32.4 Å². The van der Waals surface area contributed by atoms with Crippen molar-refractivity contribution in [1.29, 1.82) is 0 Å². The number of rotatable bonds is 6. The Morgan fingerprint density at radius 2 is 2.12 bits per heavy atom. The molecule has 0 amide bonds. The molecule has 1 aromatic rings. The van der Waals surface area contributed by atoms with Gasteiger partial charge in [0.05, 0.1) is 0 Å². The number of phenolic OH excluding ortho intramolecular Hbond substituents is 1.